The molecule has 0 aliphatic rings. The van der Waals surface area contributed by atoms with E-state index < -0.39 is 105 Å². The summed E-state index contributed by atoms with van der Waals surface area (Å²) in [6.07, 6.45) is 8.25. The lowest BCUT2D eigenvalue weighted by atomic mass is 10.1. The summed E-state index contributed by atoms with van der Waals surface area (Å²) in [7, 11) is -35.4. The molecule has 6 aromatic carbocycles. The third kappa shape index (κ3) is 79.7. The average molecular weight is 1890 g/mol. The van der Waals surface area contributed by atoms with Crippen molar-refractivity contribution < 1.29 is 162 Å². The Morgan fingerprint density at radius 1 is 0.352 bits per heavy atom. The van der Waals surface area contributed by atoms with Gasteiger partial charge < -0.3 is 59.6 Å². The van der Waals surface area contributed by atoms with Crippen LogP contribution in [0.25, 0.3) is 34.9 Å². The fourth-order valence-corrected chi connectivity index (χ4v) is 10.4. The molecule has 44 heteroatoms. The minimum absolute atomic E-state index is 0.0353. The van der Waals surface area contributed by atoms with E-state index in [1.165, 1.54) is 67.6 Å². The molecule has 6 aromatic rings. The number of rotatable bonds is 25. The molecule has 17 N–H and O–H groups in total. The molecule has 6 rings (SSSR count). The number of benzene rings is 6. The van der Waals surface area contributed by atoms with Gasteiger partial charge in [0.2, 0.25) is 0 Å². The van der Waals surface area contributed by atoms with Gasteiger partial charge in [-0.25, -0.2) is 9.59 Å². The van der Waals surface area contributed by atoms with Gasteiger partial charge >= 0.3 is 54.3 Å². The Morgan fingerprint density at radius 3 is 0.762 bits per heavy atom. The standard InChI is InChI=1S/C10H10O2.C9H11O3P.C9H10O3S.C9H8O2.C8H9O3P.C8H8O3S.C5H8O2.C4H9O3P.C4H8O3S.C4H6O2.C3H7O3P.C3H6O3S.C2H4O3S/c1-7(2)8-3-5-9(6-4-8)10(11)12;2*1-7(2)8-3-5-9(6-4-8)13(10,11)12;1-2-7-3-5-8(6-4-7)9(10)11;2*1-2-7-3-5-8(6-4-7)12(9,10)11;1-4(2)3-5(6)7;2*1-4(2)3-8(5,6)7;1-2-3-4(5)6;2*1-2-3-7(4,5)6;1-2-6(3,4)5/h3-6H,1H2,2H3,(H,11,12);3-6H,1H2,2H3,(H2,10,11,12);3-6H,1H2,2H3,(H,10,11,12);2-6H,1H2,(H,10,11);2-6H,1H2,(H2,9,10,11);2-6H,1H2,(H,9,10,11);1,3H2,2H3,(H,6,7);1,3H2,2H3,(H2,5,6,7);1,3H2,2H3,(H,5,6,7);2H,1,3H2,(H,5,6);2H,1,3H2,(H2,4,5,6);2H,1,3H2,(H,4,5,6);2H,1H2,(H,3,4,5). The fourth-order valence-electron chi connectivity index (χ4n) is 6.45. The van der Waals surface area contributed by atoms with Crippen molar-refractivity contribution in [3.63, 3.8) is 0 Å². The quantitative estimate of drug-likeness (QED) is 0.0144. The summed E-state index contributed by atoms with van der Waals surface area (Å²) in [5.74, 6) is -4.15. The summed E-state index contributed by atoms with van der Waals surface area (Å²) >= 11 is 0. The molecule has 0 amide bonds. The molecule has 0 atom stereocenters. The largest absolute Gasteiger partial charge is 0.481 e. The van der Waals surface area contributed by atoms with E-state index in [-0.39, 0.29) is 57.1 Å². The number of carboxylic acid groups (broad SMARTS) is 4. The molecule has 0 aromatic heterocycles. The van der Waals surface area contributed by atoms with Gasteiger partial charge in [-0.2, -0.15) is 42.1 Å². The highest BCUT2D eigenvalue weighted by atomic mass is 32.2. The van der Waals surface area contributed by atoms with Gasteiger partial charge in [-0.1, -0.05) is 208 Å². The normalized spacial score (nSPS) is 10.5. The summed E-state index contributed by atoms with van der Waals surface area (Å²) in [6.45, 7) is 54.5. The molecule has 0 unspecified atom stereocenters. The molecule has 676 valence electrons. The van der Waals surface area contributed by atoms with Crippen LogP contribution >= 0.6 is 30.4 Å². The Kier molecular flexibility index (Phi) is 63.7. The molecule has 0 radical (unpaired) electrons. The lowest BCUT2D eigenvalue weighted by Crippen LogP contribution is -2.03. The molecule has 0 saturated heterocycles. The predicted octanol–water partition coefficient (Wildman–Crippen LogP) is 13.9. The van der Waals surface area contributed by atoms with E-state index in [0.29, 0.717) is 33.3 Å². The molecule has 122 heavy (non-hydrogen) atoms. The van der Waals surface area contributed by atoms with Crippen molar-refractivity contribution in [1.29, 1.82) is 0 Å². The molecule has 0 aliphatic carbocycles. The molecule has 0 bridgehead atoms. The minimum Gasteiger partial charge on any atom is -0.481 e. The number of carbonyl (C=O) groups is 4. The first kappa shape index (κ1) is 125. The summed E-state index contributed by atoms with van der Waals surface area (Å²) in [5, 5.41) is 33.5. The van der Waals surface area contributed by atoms with Crippen molar-refractivity contribution in [2.45, 2.75) is 64.2 Å². The maximum Gasteiger partial charge on any atom is 0.356 e. The lowest BCUT2D eigenvalue weighted by molar-refractivity contribution is -0.137. The van der Waals surface area contributed by atoms with Gasteiger partial charge in [0.15, 0.2) is 0 Å². The highest BCUT2D eigenvalue weighted by molar-refractivity contribution is 7.88. The van der Waals surface area contributed by atoms with Crippen LogP contribution in [-0.4, -0.2) is 172 Å². The molecular weight excluding hydrogens is 1780 g/mol. The zero-order valence-electron chi connectivity index (χ0n) is 67.1. The fraction of sp³-hybridized carbons (Fsp3) is 0.154. The van der Waals surface area contributed by atoms with Crippen LogP contribution in [0.3, 0.4) is 0 Å². The van der Waals surface area contributed by atoms with Crippen molar-refractivity contribution in [2.24, 2.45) is 0 Å². The molecule has 35 nitrogen and oxygen atoms in total. The molecule has 0 fully saturated rings. The molecule has 0 saturated carbocycles. The molecule has 0 spiro atoms. The smallest absolute Gasteiger partial charge is 0.356 e. The number of allylic oxidation sites excluding steroid dienone is 5. The Morgan fingerprint density at radius 2 is 0.623 bits per heavy atom. The maximum atomic E-state index is 10.8. The van der Waals surface area contributed by atoms with Crippen LogP contribution in [0.1, 0.15) is 108 Å². The van der Waals surface area contributed by atoms with Crippen molar-refractivity contribution in [2.75, 3.05) is 23.8 Å². The molecule has 0 aliphatic heterocycles. The van der Waals surface area contributed by atoms with E-state index in [9.17, 15) is 79.5 Å². The second kappa shape index (κ2) is 62.1. The van der Waals surface area contributed by atoms with Gasteiger partial charge in [0.25, 0.3) is 50.6 Å². The summed E-state index contributed by atoms with van der Waals surface area (Å²) in [4.78, 5) is 108. The molecular formula is C78H104O35P4S5. The number of carboxylic acids is 4. The second-order valence-electron chi connectivity index (χ2n) is 23.8. The predicted molar refractivity (Wildman–Crippen MR) is 478 cm³/mol. The van der Waals surface area contributed by atoms with Crippen LogP contribution < -0.4 is 10.6 Å². The van der Waals surface area contributed by atoms with E-state index in [4.69, 9.17) is 82.3 Å². The van der Waals surface area contributed by atoms with Gasteiger partial charge in [-0.05, 0) is 148 Å². The van der Waals surface area contributed by atoms with Crippen LogP contribution in [0.5, 0.6) is 0 Å². The van der Waals surface area contributed by atoms with Crippen LogP contribution in [0.15, 0.2) is 281 Å². The van der Waals surface area contributed by atoms with E-state index in [2.05, 4.69) is 85.5 Å². The van der Waals surface area contributed by atoms with E-state index in [1.807, 2.05) is 20.8 Å². The Labute approximate surface area is 711 Å². The highest BCUT2D eigenvalue weighted by Gasteiger charge is 2.18. The van der Waals surface area contributed by atoms with Gasteiger partial charge in [0.05, 0.1) is 73.6 Å². The zero-order chi connectivity index (χ0) is 97.4. The van der Waals surface area contributed by atoms with Gasteiger partial charge in [0, 0.05) is 0 Å². The SMILES string of the molecule is C=C(C)CC(=O)O.C=C(C)CP(=O)(O)O.C=C(C)CS(=O)(=O)O.C=C(C)c1ccc(C(=O)O)cc1.C=C(C)c1ccc(P(=O)(O)O)cc1.C=C(C)c1ccc(S(=O)(=O)O)cc1.C=CCC(=O)O.C=CCP(=O)(O)O.C=CCS(=O)(=O)O.C=CS(=O)(=O)O.C=Cc1ccc(C(=O)O)cc1.C=Cc1ccc(P(=O)(O)O)cc1.C=Cc1ccc(S(=O)(=O)O)cc1. The Hall–Kier alpha value is -10.0. The lowest BCUT2D eigenvalue weighted by Gasteiger charge is -2.04. The minimum atomic E-state index is -4.10. The molecule has 0 heterocycles. The van der Waals surface area contributed by atoms with Crippen molar-refractivity contribution in [3.8, 4) is 0 Å². The monoisotopic (exact) mass is 1880 g/mol. The van der Waals surface area contributed by atoms with E-state index >= 15 is 0 Å². The third-order valence-electron chi connectivity index (χ3n) is 11.8. The number of hydrogen-bond acceptors (Lipinski definition) is 18. The number of aromatic carboxylic acids is 2. The maximum absolute atomic E-state index is 10.8. The summed E-state index contributed by atoms with van der Waals surface area (Å²) in [6, 6.07) is 37.1. The first-order valence-corrected chi connectivity index (χ1v) is 47.4. The van der Waals surface area contributed by atoms with E-state index in [0.717, 1.165) is 56.2 Å². The van der Waals surface area contributed by atoms with Crippen molar-refractivity contribution in [3.05, 3.63) is 316 Å². The Balaban J connectivity index is -0.000000237. The first-order chi connectivity index (χ1) is 55.1. The Bertz CT molecular complexity index is 5240. The van der Waals surface area contributed by atoms with Gasteiger partial charge in [-0.15, -0.1) is 19.7 Å². The van der Waals surface area contributed by atoms with Gasteiger partial charge in [0.1, 0.15) is 0 Å². The van der Waals surface area contributed by atoms with E-state index in [1.54, 1.807) is 129 Å². The topological polar surface area (TPSA) is 651 Å². The summed E-state index contributed by atoms with van der Waals surface area (Å²) < 4.78 is 183. The van der Waals surface area contributed by atoms with Crippen molar-refractivity contribution >= 4 is 150 Å². The first-order valence-electron chi connectivity index (χ1n) is 32.9. The average Bonchev–Trinajstić information content (AvgIpc) is 0.859. The number of aliphatic carboxylic acids is 2. The van der Waals surface area contributed by atoms with Crippen LogP contribution in [0.2, 0.25) is 0 Å². The van der Waals surface area contributed by atoms with Gasteiger partial charge in [-0.3, -0.25) is 50.6 Å². The van der Waals surface area contributed by atoms with Crippen LogP contribution in [0.4, 0.5) is 0 Å². The van der Waals surface area contributed by atoms with Crippen LogP contribution in [0, 0.1) is 0 Å². The third-order valence-corrected chi connectivity index (χ3v) is 19.1. The second-order valence-corrected chi connectivity index (χ2v) is 37.5. The van der Waals surface area contributed by atoms with Crippen molar-refractivity contribution in [1.82, 2.24) is 0 Å². The zero-order valence-corrected chi connectivity index (χ0v) is 74.8. The number of hydrogen-bond donors (Lipinski definition) is 17. The highest BCUT2D eigenvalue weighted by Crippen LogP contribution is 2.36. The summed E-state index contributed by atoms with van der Waals surface area (Å²) in [5.41, 5.74) is 10.2. The van der Waals surface area contributed by atoms with Crippen LogP contribution in [-0.2, 0) is 78.4 Å².